The molecule has 1 atom stereocenters. The van der Waals surface area contributed by atoms with Gasteiger partial charge in [-0.3, -0.25) is 4.79 Å². The molecule has 0 spiro atoms. The van der Waals surface area contributed by atoms with Gasteiger partial charge in [0.1, 0.15) is 0 Å². The SMILES string of the molecule is CCC(C)(S)CC(C)(C)CCc1cc2nc3ccc(N4CCC4)cc3sc-2cc1=O. The fourth-order valence-corrected chi connectivity index (χ4v) is 5.81. The quantitative estimate of drug-likeness (QED) is 0.340. The van der Waals surface area contributed by atoms with E-state index in [9.17, 15) is 4.79 Å². The van der Waals surface area contributed by atoms with Gasteiger partial charge in [0.05, 0.1) is 20.8 Å². The molecular formula is C25H32N2OS2. The van der Waals surface area contributed by atoms with E-state index in [1.165, 1.54) is 12.1 Å². The van der Waals surface area contributed by atoms with E-state index in [1.807, 2.05) is 6.07 Å². The molecule has 1 saturated heterocycles. The number of hydrogen-bond acceptors (Lipinski definition) is 5. The van der Waals surface area contributed by atoms with Crippen LogP contribution in [0.3, 0.4) is 0 Å². The van der Waals surface area contributed by atoms with E-state index in [2.05, 4.69) is 50.8 Å². The Morgan fingerprint density at radius 3 is 2.60 bits per heavy atom. The normalized spacial score (nSPS) is 16.6. The Kier molecular flexibility index (Phi) is 5.88. The monoisotopic (exact) mass is 440 g/mol. The summed E-state index contributed by atoms with van der Waals surface area (Å²) in [5.74, 6) is 0. The Morgan fingerprint density at radius 1 is 1.17 bits per heavy atom. The number of rotatable bonds is 7. The van der Waals surface area contributed by atoms with Crippen LogP contribution >= 0.6 is 24.0 Å². The van der Waals surface area contributed by atoms with Crippen LogP contribution in [0.1, 0.15) is 58.9 Å². The van der Waals surface area contributed by atoms with Gasteiger partial charge in [-0.1, -0.05) is 27.7 Å². The third-order valence-electron chi connectivity index (χ3n) is 6.46. The van der Waals surface area contributed by atoms with Crippen molar-refractivity contribution in [2.24, 2.45) is 5.41 Å². The van der Waals surface area contributed by atoms with Gasteiger partial charge in [-0.2, -0.15) is 12.6 Å². The number of anilines is 1. The van der Waals surface area contributed by atoms with Crippen molar-refractivity contribution in [3.05, 3.63) is 46.1 Å². The summed E-state index contributed by atoms with van der Waals surface area (Å²) < 4.78 is 1.18. The van der Waals surface area contributed by atoms with E-state index < -0.39 is 0 Å². The van der Waals surface area contributed by atoms with E-state index in [0.717, 1.165) is 65.1 Å². The molecule has 0 amide bonds. The minimum atomic E-state index is 0.0320. The molecule has 2 aliphatic heterocycles. The molecule has 0 N–H and O–H groups in total. The Bertz CT molecular complexity index is 1080. The molecule has 5 heteroatoms. The molecule has 2 heterocycles. The highest BCUT2D eigenvalue weighted by Crippen LogP contribution is 2.38. The van der Waals surface area contributed by atoms with Crippen molar-refractivity contribution < 1.29 is 0 Å². The molecule has 0 bridgehead atoms. The Labute approximate surface area is 189 Å². The Morgan fingerprint density at radius 2 is 1.93 bits per heavy atom. The lowest BCUT2D eigenvalue weighted by molar-refractivity contribution is 0.271. The van der Waals surface area contributed by atoms with Crippen LogP contribution in [0.2, 0.25) is 0 Å². The Balaban J connectivity index is 1.59. The average Bonchev–Trinajstić information content (AvgIpc) is 2.63. The predicted molar refractivity (Wildman–Crippen MR) is 134 cm³/mol. The van der Waals surface area contributed by atoms with E-state index in [4.69, 9.17) is 17.6 Å². The summed E-state index contributed by atoms with van der Waals surface area (Å²) in [6.07, 6.45) is 5.10. The summed E-state index contributed by atoms with van der Waals surface area (Å²) in [6.45, 7) is 11.2. The molecule has 1 aromatic carbocycles. The molecule has 30 heavy (non-hydrogen) atoms. The maximum Gasteiger partial charge on any atom is 0.183 e. The standard InChI is InChI=1S/C25H32N2OS2/c1-5-25(4,29)16-24(2,3)10-9-17-13-20-23(15-21(17)28)30-22-14-18(27-11-6-12-27)7-8-19(22)26-20/h7-8,13-15,29H,5-6,9-12,16H2,1-4H3. The number of hydrogen-bond donors (Lipinski definition) is 1. The second-order valence-electron chi connectivity index (χ2n) is 9.83. The molecule has 1 aromatic rings. The molecule has 1 aliphatic carbocycles. The van der Waals surface area contributed by atoms with Crippen molar-refractivity contribution in [1.29, 1.82) is 0 Å². The molecule has 1 unspecified atom stereocenters. The van der Waals surface area contributed by atoms with Gasteiger partial charge in [0, 0.05) is 35.2 Å². The summed E-state index contributed by atoms with van der Waals surface area (Å²) in [6, 6.07) is 10.3. The highest BCUT2D eigenvalue weighted by Gasteiger charge is 2.28. The van der Waals surface area contributed by atoms with Crippen LogP contribution in [0.4, 0.5) is 5.69 Å². The molecule has 0 aromatic heterocycles. The lowest BCUT2D eigenvalue weighted by atomic mass is 9.77. The second-order valence-corrected chi connectivity index (χ2v) is 12.0. The summed E-state index contributed by atoms with van der Waals surface area (Å²) >= 11 is 6.49. The zero-order valence-electron chi connectivity index (χ0n) is 18.5. The Hall–Kier alpha value is -1.59. The average molecular weight is 441 g/mol. The molecule has 4 rings (SSSR count). The van der Waals surface area contributed by atoms with Crippen molar-refractivity contribution in [3.8, 4) is 10.6 Å². The summed E-state index contributed by atoms with van der Waals surface area (Å²) in [5.41, 5.74) is 4.36. The lowest BCUT2D eigenvalue weighted by Crippen LogP contribution is -2.36. The fourth-order valence-electron chi connectivity index (χ4n) is 4.37. The zero-order chi connectivity index (χ0) is 21.5. The number of aromatic nitrogens is 1. The van der Waals surface area contributed by atoms with Crippen LogP contribution in [0.15, 0.2) is 35.1 Å². The van der Waals surface area contributed by atoms with Gasteiger partial charge < -0.3 is 4.90 Å². The van der Waals surface area contributed by atoms with Crippen molar-refractivity contribution in [1.82, 2.24) is 4.98 Å². The first-order chi connectivity index (χ1) is 14.2. The van der Waals surface area contributed by atoms with Gasteiger partial charge in [-0.25, -0.2) is 4.98 Å². The maximum absolute atomic E-state index is 12.8. The second kappa shape index (κ2) is 8.16. The van der Waals surface area contributed by atoms with Crippen LogP contribution in [-0.4, -0.2) is 22.8 Å². The third-order valence-corrected chi connectivity index (χ3v) is 8.03. The van der Waals surface area contributed by atoms with Gasteiger partial charge in [0.15, 0.2) is 5.43 Å². The van der Waals surface area contributed by atoms with Crippen LogP contribution in [0.25, 0.3) is 20.8 Å². The van der Waals surface area contributed by atoms with E-state index >= 15 is 0 Å². The summed E-state index contributed by atoms with van der Waals surface area (Å²) in [7, 11) is 0. The van der Waals surface area contributed by atoms with Gasteiger partial charge in [0.2, 0.25) is 0 Å². The fraction of sp³-hybridized carbons (Fsp3) is 0.520. The first-order valence-electron chi connectivity index (χ1n) is 11.0. The van der Waals surface area contributed by atoms with Gasteiger partial charge >= 0.3 is 0 Å². The van der Waals surface area contributed by atoms with E-state index in [0.29, 0.717) is 0 Å². The first kappa shape index (κ1) is 21.6. The number of thiol groups is 1. The largest absolute Gasteiger partial charge is 0.371 e. The minimum Gasteiger partial charge on any atom is -0.371 e. The molecule has 3 aliphatic rings. The zero-order valence-corrected chi connectivity index (χ0v) is 20.2. The highest BCUT2D eigenvalue weighted by molar-refractivity contribution is 7.81. The van der Waals surface area contributed by atoms with E-state index in [-0.39, 0.29) is 15.6 Å². The van der Waals surface area contributed by atoms with Crippen LogP contribution in [-0.2, 0) is 6.42 Å². The van der Waals surface area contributed by atoms with Crippen LogP contribution < -0.4 is 10.3 Å². The lowest BCUT2D eigenvalue weighted by Gasteiger charge is -2.33. The maximum atomic E-state index is 12.8. The number of fused-ring (bicyclic) bond motifs is 2. The molecule has 0 saturated carbocycles. The van der Waals surface area contributed by atoms with Gasteiger partial charge in [-0.15, -0.1) is 11.3 Å². The van der Waals surface area contributed by atoms with Gasteiger partial charge in [0.25, 0.3) is 0 Å². The van der Waals surface area contributed by atoms with Crippen molar-refractivity contribution in [2.75, 3.05) is 18.0 Å². The summed E-state index contributed by atoms with van der Waals surface area (Å²) in [5, 5.41) is 0. The molecule has 1 fully saturated rings. The first-order valence-corrected chi connectivity index (χ1v) is 12.3. The minimum absolute atomic E-state index is 0.0320. The molecular weight excluding hydrogens is 408 g/mol. The van der Waals surface area contributed by atoms with Gasteiger partial charge in [-0.05, 0) is 61.8 Å². The molecule has 160 valence electrons. The van der Waals surface area contributed by atoms with Crippen molar-refractivity contribution in [2.45, 2.75) is 64.5 Å². The smallest absolute Gasteiger partial charge is 0.183 e. The number of aryl methyl sites for hydroxylation is 1. The summed E-state index contributed by atoms with van der Waals surface area (Å²) in [4.78, 5) is 21.1. The van der Waals surface area contributed by atoms with Crippen LogP contribution in [0.5, 0.6) is 0 Å². The van der Waals surface area contributed by atoms with Crippen molar-refractivity contribution >= 4 is 39.9 Å². The number of benzene rings is 2. The van der Waals surface area contributed by atoms with E-state index in [1.54, 1.807) is 17.4 Å². The molecule has 0 radical (unpaired) electrons. The number of nitrogens with zero attached hydrogens (tertiary/aromatic N) is 2. The van der Waals surface area contributed by atoms with Crippen molar-refractivity contribution in [3.63, 3.8) is 0 Å². The van der Waals surface area contributed by atoms with Crippen LogP contribution in [0, 0.1) is 5.41 Å². The third kappa shape index (κ3) is 4.67. The highest BCUT2D eigenvalue weighted by atomic mass is 32.1. The topological polar surface area (TPSA) is 33.2 Å². The molecule has 3 nitrogen and oxygen atoms in total. The predicted octanol–water partition coefficient (Wildman–Crippen LogP) is 6.42.